The molecule has 0 spiro atoms. The highest BCUT2D eigenvalue weighted by Crippen LogP contribution is 2.62. The van der Waals surface area contributed by atoms with E-state index in [1.54, 1.807) is 60.7 Å². The van der Waals surface area contributed by atoms with Gasteiger partial charge in [-0.05, 0) is 84.3 Å². The van der Waals surface area contributed by atoms with Gasteiger partial charge in [-0.25, -0.2) is 4.98 Å². The molecule has 8 rings (SSSR count). The van der Waals surface area contributed by atoms with Gasteiger partial charge in [-0.15, -0.1) is 0 Å². The zero-order valence-corrected chi connectivity index (χ0v) is 32.5. The van der Waals surface area contributed by atoms with Gasteiger partial charge in [0.2, 0.25) is 11.8 Å². The largest absolute Gasteiger partial charge is 0.504 e. The topological polar surface area (TPSA) is 129 Å². The van der Waals surface area contributed by atoms with E-state index in [2.05, 4.69) is 10.4 Å². The van der Waals surface area contributed by atoms with Crippen LogP contribution in [0.25, 0.3) is 6.08 Å². The lowest BCUT2D eigenvalue weighted by Gasteiger charge is -2.49. The van der Waals surface area contributed by atoms with E-state index in [9.17, 15) is 32.7 Å². The SMILES string of the molecule is CCc1ccc(N2C(=O)[C@H]3[C@H](CC=C4[C@H]3C[C@H]3C(=O)N(Nc5ncc(C(F)(F)F)cc5Cl)C(=O)[C@@]3(c3ccc(Cl)cc3)[C@H]4C=Cc3ccc(O)c(OC)c3)C2=O)cc1. The maximum atomic E-state index is 15.3. The highest BCUT2D eigenvalue weighted by atomic mass is 35.5. The Labute approximate surface area is 340 Å². The molecule has 0 bridgehead atoms. The third kappa shape index (κ3) is 6.22. The summed E-state index contributed by atoms with van der Waals surface area (Å²) in [5, 5.41) is 10.9. The number of alkyl halides is 3. The molecule has 3 fully saturated rings. The van der Waals surface area contributed by atoms with Crippen LogP contribution in [0.5, 0.6) is 11.5 Å². The summed E-state index contributed by atoms with van der Waals surface area (Å²) in [6.45, 7) is 2.00. The molecule has 0 unspecified atom stereocenters. The summed E-state index contributed by atoms with van der Waals surface area (Å²) in [5.74, 6) is -6.83. The van der Waals surface area contributed by atoms with Crippen LogP contribution in [-0.2, 0) is 37.2 Å². The number of hydrazine groups is 1. The van der Waals surface area contributed by atoms with Crippen molar-refractivity contribution in [2.75, 3.05) is 17.4 Å². The zero-order chi connectivity index (χ0) is 41.3. The number of amides is 4. The lowest BCUT2D eigenvalue weighted by Crippen LogP contribution is -2.54. The molecule has 2 N–H and O–H groups in total. The summed E-state index contributed by atoms with van der Waals surface area (Å²) in [5.41, 5.74) is 2.95. The number of nitrogens with one attached hydrogen (secondary N) is 1. The summed E-state index contributed by atoms with van der Waals surface area (Å²) in [7, 11) is 1.40. The number of allylic oxidation sites excluding steroid dienone is 3. The highest BCUT2D eigenvalue weighted by molar-refractivity contribution is 6.33. The van der Waals surface area contributed by atoms with Crippen LogP contribution in [0.2, 0.25) is 10.0 Å². The number of halogens is 5. The van der Waals surface area contributed by atoms with E-state index in [1.165, 1.54) is 18.1 Å². The van der Waals surface area contributed by atoms with Crippen molar-refractivity contribution >= 4 is 64.4 Å². The van der Waals surface area contributed by atoms with Crippen molar-refractivity contribution in [3.8, 4) is 11.5 Å². The Hall–Kier alpha value is -5.66. The number of benzene rings is 3. The van der Waals surface area contributed by atoms with Crippen molar-refractivity contribution in [3.05, 3.63) is 129 Å². The second-order valence-corrected chi connectivity index (χ2v) is 15.6. The molecule has 298 valence electrons. The fraction of sp³-hybridized carbons (Fsp3) is 0.279. The van der Waals surface area contributed by atoms with E-state index < -0.39 is 69.5 Å². The number of carbonyl (C=O) groups excluding carboxylic acids is 4. The number of anilines is 2. The number of pyridine rings is 1. The van der Waals surface area contributed by atoms with Crippen molar-refractivity contribution in [1.29, 1.82) is 0 Å². The molecule has 58 heavy (non-hydrogen) atoms. The van der Waals surface area contributed by atoms with E-state index in [4.69, 9.17) is 27.9 Å². The number of imide groups is 2. The van der Waals surface area contributed by atoms with Gasteiger partial charge in [0.25, 0.3) is 11.8 Å². The number of aryl methyl sites for hydroxylation is 1. The average Bonchev–Trinajstić information content (AvgIpc) is 3.59. The third-order valence-corrected chi connectivity index (χ3v) is 12.4. The standard InChI is InChI=1S/C43H35Cl2F3N4O6/c1-3-22-4-12-27(13-5-22)51-38(54)29-15-14-28-30(36(29)40(51)56)20-32-39(55)52(50-37-33(45)19-25(21-49-37)43(46,47)48)41(57)42(32,24-8-10-26(44)11-9-24)31(28)16-6-23-7-17-34(53)35(18-23)58-2/h4-14,16-19,21,29-32,36,53H,3,15,20H2,1-2H3,(H,49,50)/t29-,30+,31-,32-,36-,42-/m0/s1. The smallest absolute Gasteiger partial charge is 0.417 e. The number of hydrogen-bond donors (Lipinski definition) is 2. The van der Waals surface area contributed by atoms with Crippen LogP contribution in [0, 0.1) is 29.6 Å². The minimum absolute atomic E-state index is 0.0223. The molecule has 10 nitrogen and oxygen atoms in total. The molecule has 4 aromatic rings. The number of methoxy groups -OCH3 is 1. The van der Waals surface area contributed by atoms with Crippen LogP contribution in [0.1, 0.15) is 42.0 Å². The van der Waals surface area contributed by atoms with Crippen LogP contribution in [0.3, 0.4) is 0 Å². The predicted molar refractivity (Wildman–Crippen MR) is 210 cm³/mol. The molecule has 3 heterocycles. The summed E-state index contributed by atoms with van der Waals surface area (Å²) in [6.07, 6.45) is 2.12. The fourth-order valence-corrected chi connectivity index (χ4v) is 9.50. The quantitative estimate of drug-likeness (QED) is 0.134. The van der Waals surface area contributed by atoms with E-state index in [0.29, 0.717) is 39.7 Å². The molecule has 3 aromatic carbocycles. The Morgan fingerprint density at radius 2 is 1.69 bits per heavy atom. The molecule has 1 saturated carbocycles. The van der Waals surface area contributed by atoms with Crippen molar-refractivity contribution in [1.82, 2.24) is 9.99 Å². The van der Waals surface area contributed by atoms with Crippen molar-refractivity contribution in [3.63, 3.8) is 0 Å². The monoisotopic (exact) mass is 830 g/mol. The predicted octanol–water partition coefficient (Wildman–Crippen LogP) is 8.42. The summed E-state index contributed by atoms with van der Waals surface area (Å²) >= 11 is 12.6. The first kappa shape index (κ1) is 39.2. The van der Waals surface area contributed by atoms with E-state index in [0.717, 1.165) is 17.0 Å². The Bertz CT molecular complexity index is 2420. The van der Waals surface area contributed by atoms with Crippen molar-refractivity contribution < 1.29 is 42.2 Å². The first-order valence-electron chi connectivity index (χ1n) is 18.5. The van der Waals surface area contributed by atoms with Crippen LogP contribution < -0.4 is 15.1 Å². The maximum Gasteiger partial charge on any atom is 0.417 e. The number of hydrogen-bond acceptors (Lipinski definition) is 8. The average molecular weight is 832 g/mol. The Morgan fingerprint density at radius 1 is 0.966 bits per heavy atom. The number of carbonyl (C=O) groups is 4. The fourth-order valence-electron chi connectivity index (χ4n) is 9.17. The van der Waals surface area contributed by atoms with Crippen LogP contribution in [0.15, 0.2) is 96.7 Å². The number of phenols is 1. The van der Waals surface area contributed by atoms with Crippen LogP contribution in [0.4, 0.5) is 24.7 Å². The van der Waals surface area contributed by atoms with Crippen LogP contribution >= 0.6 is 23.2 Å². The van der Waals surface area contributed by atoms with Gasteiger partial charge in [0, 0.05) is 17.1 Å². The van der Waals surface area contributed by atoms with Gasteiger partial charge in [0.1, 0.15) is 0 Å². The molecule has 4 amide bonds. The lowest BCUT2D eigenvalue weighted by atomic mass is 9.50. The molecule has 2 saturated heterocycles. The van der Waals surface area contributed by atoms with Gasteiger partial charge < -0.3 is 9.84 Å². The van der Waals surface area contributed by atoms with E-state index >= 15 is 4.79 Å². The number of phenolic OH excluding ortho intramolecular Hbond substituents is 1. The molecule has 4 aliphatic rings. The number of ether oxygens (including phenoxy) is 1. The first-order chi connectivity index (χ1) is 27.7. The lowest BCUT2D eigenvalue weighted by molar-refractivity contribution is -0.139. The van der Waals surface area contributed by atoms with E-state index in [-0.39, 0.29) is 36.1 Å². The van der Waals surface area contributed by atoms with Gasteiger partial charge in [-0.3, -0.25) is 29.5 Å². The summed E-state index contributed by atoms with van der Waals surface area (Å²) < 4.78 is 45.9. The van der Waals surface area contributed by atoms with Gasteiger partial charge in [0.05, 0.1) is 46.6 Å². The highest BCUT2D eigenvalue weighted by Gasteiger charge is 2.69. The molecular formula is C43H35Cl2F3N4O6. The molecular weight excluding hydrogens is 796 g/mol. The molecule has 6 atom stereocenters. The summed E-state index contributed by atoms with van der Waals surface area (Å²) in [4.78, 5) is 63.8. The first-order valence-corrected chi connectivity index (χ1v) is 19.3. The minimum Gasteiger partial charge on any atom is -0.504 e. The van der Waals surface area contributed by atoms with Gasteiger partial charge >= 0.3 is 6.18 Å². The molecule has 1 aromatic heterocycles. The number of aromatic nitrogens is 1. The number of aromatic hydroxyl groups is 1. The minimum atomic E-state index is -4.75. The van der Waals surface area contributed by atoms with Gasteiger partial charge in [-0.2, -0.15) is 18.2 Å². The molecule has 2 aliphatic carbocycles. The number of rotatable bonds is 8. The van der Waals surface area contributed by atoms with Gasteiger partial charge in [-0.1, -0.05) is 84.3 Å². The third-order valence-electron chi connectivity index (χ3n) is 11.9. The second kappa shape index (κ2) is 14.6. The Balaban J connectivity index is 1.28. The van der Waals surface area contributed by atoms with Crippen molar-refractivity contribution in [2.45, 2.75) is 37.8 Å². The normalized spacial score (nSPS) is 25.5. The van der Waals surface area contributed by atoms with Crippen molar-refractivity contribution in [2.24, 2.45) is 29.6 Å². The Kier molecular flexibility index (Phi) is 9.87. The maximum absolute atomic E-state index is 15.3. The molecule has 2 aliphatic heterocycles. The molecule has 0 radical (unpaired) electrons. The summed E-state index contributed by atoms with van der Waals surface area (Å²) in [6, 6.07) is 19.0. The number of fused-ring (bicyclic) bond motifs is 4. The van der Waals surface area contributed by atoms with Crippen LogP contribution in [-0.4, -0.2) is 45.8 Å². The number of nitrogens with zero attached hydrogens (tertiary/aromatic N) is 3. The second-order valence-electron chi connectivity index (χ2n) is 14.8. The van der Waals surface area contributed by atoms with E-state index in [1.807, 2.05) is 25.1 Å². The molecule has 15 heteroatoms. The van der Waals surface area contributed by atoms with Gasteiger partial charge in [0.15, 0.2) is 17.3 Å². The Morgan fingerprint density at radius 3 is 2.34 bits per heavy atom. The zero-order valence-electron chi connectivity index (χ0n) is 31.0.